The Bertz CT molecular complexity index is 1400. The Balaban J connectivity index is 1.43. The molecule has 0 unspecified atom stereocenters. The van der Waals surface area contributed by atoms with Crippen LogP contribution in [0.4, 0.5) is 11.4 Å². The van der Waals surface area contributed by atoms with Crippen LogP contribution < -0.4 is 19.7 Å². The molecule has 1 aliphatic rings. The number of thiazole rings is 1. The summed E-state index contributed by atoms with van der Waals surface area (Å²) in [5.41, 5.74) is 3.50. The predicted octanol–water partition coefficient (Wildman–Crippen LogP) is 4.55. The second-order valence-corrected chi connectivity index (χ2v) is 9.04. The molecule has 0 saturated heterocycles. The van der Waals surface area contributed by atoms with Gasteiger partial charge in [-0.3, -0.25) is 19.5 Å². The van der Waals surface area contributed by atoms with Crippen LogP contribution in [0.3, 0.4) is 0 Å². The molecule has 1 aliphatic heterocycles. The maximum atomic E-state index is 12.9. The van der Waals surface area contributed by atoms with Gasteiger partial charge in [-0.25, -0.2) is 4.98 Å². The second kappa shape index (κ2) is 9.55. The third-order valence-electron chi connectivity index (χ3n) is 5.54. The number of nitrogens with one attached hydrogen (secondary N) is 1. The van der Waals surface area contributed by atoms with Crippen molar-refractivity contribution in [3.63, 3.8) is 0 Å². The second-order valence-electron chi connectivity index (χ2n) is 7.84. The quantitative estimate of drug-likeness (QED) is 0.430. The summed E-state index contributed by atoms with van der Waals surface area (Å²) in [6.07, 6.45) is 1.74. The molecule has 1 N–H and O–H groups in total. The van der Waals surface area contributed by atoms with E-state index in [4.69, 9.17) is 14.5 Å². The van der Waals surface area contributed by atoms with Crippen LogP contribution in [0.25, 0.3) is 22.0 Å². The van der Waals surface area contributed by atoms with Crippen molar-refractivity contribution in [1.29, 1.82) is 0 Å². The minimum Gasteiger partial charge on any atom is -0.495 e. The van der Waals surface area contributed by atoms with Crippen LogP contribution >= 0.6 is 11.3 Å². The van der Waals surface area contributed by atoms with E-state index in [1.54, 1.807) is 35.7 Å². The monoisotopic (exact) mass is 486 g/mol. The zero-order valence-electron chi connectivity index (χ0n) is 19.1. The lowest BCUT2D eigenvalue weighted by molar-refractivity contribution is -0.123. The van der Waals surface area contributed by atoms with Crippen LogP contribution in [0.2, 0.25) is 0 Å². The minimum absolute atomic E-state index is 0.131. The number of rotatable bonds is 6. The van der Waals surface area contributed by atoms with E-state index in [1.165, 1.54) is 12.0 Å². The first-order valence-corrected chi connectivity index (χ1v) is 11.7. The van der Waals surface area contributed by atoms with E-state index in [1.807, 2.05) is 49.4 Å². The molecule has 0 saturated carbocycles. The minimum atomic E-state index is -0.344. The van der Waals surface area contributed by atoms with E-state index >= 15 is 0 Å². The highest BCUT2D eigenvalue weighted by molar-refractivity contribution is 7.15. The van der Waals surface area contributed by atoms with Crippen molar-refractivity contribution < 1.29 is 19.1 Å². The van der Waals surface area contributed by atoms with Crippen molar-refractivity contribution in [3.8, 4) is 33.5 Å². The van der Waals surface area contributed by atoms with Gasteiger partial charge in [0.25, 0.3) is 5.91 Å². The Morgan fingerprint density at radius 2 is 2.00 bits per heavy atom. The number of carbonyl (C=O) groups excluding carboxylic acids is 2. The molecule has 4 aromatic rings. The maximum Gasteiger partial charge on any atom is 0.265 e. The van der Waals surface area contributed by atoms with Gasteiger partial charge < -0.3 is 14.8 Å². The standard InChI is InChI=1S/C26H22N4O4S/c1-16-25(29-26(35-16)19-8-5-6-12-27-19)17-10-11-22-20(13-17)30(24(32)15-34-22)14-23(31)28-18-7-3-4-9-21(18)33-2/h3-13H,14-15H2,1-2H3,(H,28,31). The number of pyridine rings is 1. The normalized spacial score (nSPS) is 12.6. The highest BCUT2D eigenvalue weighted by Crippen LogP contribution is 2.39. The van der Waals surface area contributed by atoms with Gasteiger partial charge in [0.1, 0.15) is 23.1 Å². The number of hydrogen-bond donors (Lipinski definition) is 1. The summed E-state index contributed by atoms with van der Waals surface area (Å²) in [5, 5.41) is 3.64. The number of methoxy groups -OCH3 is 1. The van der Waals surface area contributed by atoms with Crippen molar-refractivity contribution in [2.75, 3.05) is 30.5 Å². The van der Waals surface area contributed by atoms with E-state index < -0.39 is 0 Å². The lowest BCUT2D eigenvalue weighted by atomic mass is 10.1. The number of hydrogen-bond acceptors (Lipinski definition) is 7. The van der Waals surface area contributed by atoms with Gasteiger partial charge >= 0.3 is 0 Å². The topological polar surface area (TPSA) is 93.7 Å². The van der Waals surface area contributed by atoms with Gasteiger partial charge in [-0.1, -0.05) is 18.2 Å². The van der Waals surface area contributed by atoms with Gasteiger partial charge in [0.15, 0.2) is 6.61 Å². The highest BCUT2D eigenvalue weighted by atomic mass is 32.1. The van der Waals surface area contributed by atoms with Crippen molar-refractivity contribution in [3.05, 3.63) is 71.7 Å². The molecule has 0 bridgehead atoms. The Kier molecular flexibility index (Phi) is 6.15. The number of nitrogens with zero attached hydrogens (tertiary/aromatic N) is 3. The van der Waals surface area contributed by atoms with Crippen LogP contribution in [-0.2, 0) is 9.59 Å². The molecule has 2 aromatic heterocycles. The molecule has 9 heteroatoms. The summed E-state index contributed by atoms with van der Waals surface area (Å²) in [4.78, 5) is 37.3. The fraction of sp³-hybridized carbons (Fsp3) is 0.154. The number of carbonyl (C=O) groups is 2. The average molecular weight is 487 g/mol. The summed E-state index contributed by atoms with van der Waals surface area (Å²) in [6, 6.07) is 18.4. The van der Waals surface area contributed by atoms with E-state index in [0.717, 1.165) is 26.8 Å². The molecule has 2 aromatic carbocycles. The lowest BCUT2D eigenvalue weighted by Crippen LogP contribution is -2.43. The van der Waals surface area contributed by atoms with E-state index in [-0.39, 0.29) is 25.0 Å². The molecule has 35 heavy (non-hydrogen) atoms. The van der Waals surface area contributed by atoms with Gasteiger partial charge in [0.2, 0.25) is 5.91 Å². The zero-order chi connectivity index (χ0) is 24.4. The summed E-state index contributed by atoms with van der Waals surface area (Å²) >= 11 is 1.56. The van der Waals surface area contributed by atoms with Crippen molar-refractivity contribution in [1.82, 2.24) is 9.97 Å². The Hall–Kier alpha value is -4.24. The molecule has 8 nitrogen and oxygen atoms in total. The fourth-order valence-electron chi connectivity index (χ4n) is 3.87. The van der Waals surface area contributed by atoms with E-state index in [0.29, 0.717) is 22.9 Å². The summed E-state index contributed by atoms with van der Waals surface area (Å²) in [6.45, 7) is 1.71. The van der Waals surface area contributed by atoms with Crippen LogP contribution in [0.5, 0.6) is 11.5 Å². The van der Waals surface area contributed by atoms with Crippen molar-refractivity contribution in [2.24, 2.45) is 0 Å². The molecular weight excluding hydrogens is 464 g/mol. The zero-order valence-corrected chi connectivity index (χ0v) is 20.0. The Morgan fingerprint density at radius 3 is 2.80 bits per heavy atom. The third kappa shape index (κ3) is 4.58. The number of fused-ring (bicyclic) bond motifs is 1. The first-order chi connectivity index (χ1) is 17.0. The lowest BCUT2D eigenvalue weighted by Gasteiger charge is -2.29. The first-order valence-electron chi connectivity index (χ1n) is 10.9. The summed E-state index contributed by atoms with van der Waals surface area (Å²) < 4.78 is 10.9. The number of aryl methyl sites for hydroxylation is 1. The fourth-order valence-corrected chi connectivity index (χ4v) is 4.78. The first kappa shape index (κ1) is 22.5. The molecule has 0 fully saturated rings. The van der Waals surface area contributed by atoms with Gasteiger partial charge in [0.05, 0.1) is 29.9 Å². The molecule has 0 spiro atoms. The molecule has 2 amide bonds. The average Bonchev–Trinajstić information content (AvgIpc) is 3.28. The van der Waals surface area contributed by atoms with Crippen LogP contribution in [0.1, 0.15) is 4.88 Å². The molecule has 0 aliphatic carbocycles. The van der Waals surface area contributed by atoms with Gasteiger partial charge in [0, 0.05) is 16.6 Å². The maximum absolute atomic E-state index is 12.9. The summed E-state index contributed by atoms with van der Waals surface area (Å²) in [7, 11) is 1.54. The SMILES string of the molecule is COc1ccccc1NC(=O)CN1C(=O)COc2ccc(-c3nc(-c4ccccn4)sc3C)cc21. The molecule has 176 valence electrons. The molecule has 0 radical (unpaired) electrons. The number of amides is 2. The molecular formula is C26H22N4O4S. The molecule has 0 atom stereocenters. The van der Waals surface area contributed by atoms with Crippen LogP contribution in [0, 0.1) is 6.92 Å². The van der Waals surface area contributed by atoms with Crippen molar-refractivity contribution >= 4 is 34.5 Å². The van der Waals surface area contributed by atoms with Gasteiger partial charge in [-0.15, -0.1) is 11.3 Å². The predicted molar refractivity (Wildman–Crippen MR) is 135 cm³/mol. The number of ether oxygens (including phenoxy) is 2. The Morgan fingerprint density at radius 1 is 1.17 bits per heavy atom. The molecule has 5 rings (SSSR count). The van der Waals surface area contributed by atoms with E-state index in [9.17, 15) is 9.59 Å². The van der Waals surface area contributed by atoms with Crippen LogP contribution in [-0.4, -0.2) is 42.0 Å². The third-order valence-corrected chi connectivity index (χ3v) is 6.53. The summed E-state index contributed by atoms with van der Waals surface area (Å²) in [5.74, 6) is 0.438. The highest BCUT2D eigenvalue weighted by Gasteiger charge is 2.28. The number of benzene rings is 2. The van der Waals surface area contributed by atoms with Gasteiger partial charge in [-0.05, 0) is 49.4 Å². The largest absolute Gasteiger partial charge is 0.495 e. The van der Waals surface area contributed by atoms with Gasteiger partial charge in [-0.2, -0.15) is 0 Å². The number of aromatic nitrogens is 2. The van der Waals surface area contributed by atoms with Crippen LogP contribution in [0.15, 0.2) is 66.9 Å². The van der Waals surface area contributed by atoms with E-state index in [2.05, 4.69) is 10.3 Å². The molecule has 3 heterocycles. The smallest absolute Gasteiger partial charge is 0.265 e. The number of anilines is 2. The van der Waals surface area contributed by atoms with Crippen molar-refractivity contribution in [2.45, 2.75) is 6.92 Å². The Labute approximate surface area is 206 Å². The number of para-hydroxylation sites is 2.